The van der Waals surface area contributed by atoms with Crippen molar-refractivity contribution in [1.82, 2.24) is 19.4 Å². The Morgan fingerprint density at radius 1 is 1.40 bits per heavy atom. The van der Waals surface area contributed by atoms with Gasteiger partial charge in [0.05, 0.1) is 18.9 Å². The molecule has 0 saturated heterocycles. The molecule has 2 N–H and O–H groups in total. The van der Waals surface area contributed by atoms with Crippen LogP contribution < -0.4 is 0 Å². The van der Waals surface area contributed by atoms with E-state index in [9.17, 15) is 9.90 Å². The Morgan fingerprint density at radius 2 is 2.24 bits per heavy atom. The summed E-state index contributed by atoms with van der Waals surface area (Å²) in [5.74, 6) is 0.845. The van der Waals surface area contributed by atoms with Crippen LogP contribution in [0.25, 0.3) is 5.65 Å². The van der Waals surface area contributed by atoms with Crippen molar-refractivity contribution in [3.63, 3.8) is 0 Å². The molecular formula is C18H20N4O3. The lowest BCUT2D eigenvalue weighted by atomic mass is 10.1. The molecule has 0 aliphatic heterocycles. The van der Waals surface area contributed by atoms with E-state index in [1.165, 1.54) is 31.7 Å². The number of carbonyl (C=O) groups is 1. The molecule has 0 radical (unpaired) electrons. The number of methoxy groups -OCH3 is 1. The summed E-state index contributed by atoms with van der Waals surface area (Å²) in [5.41, 5.74) is 3.06. The van der Waals surface area contributed by atoms with E-state index in [-0.39, 0.29) is 5.69 Å². The maximum absolute atomic E-state index is 11.4. The van der Waals surface area contributed by atoms with Crippen LogP contribution in [-0.4, -0.2) is 37.5 Å². The molecule has 3 aromatic rings. The molecule has 1 atom stereocenters. The topological polar surface area (TPSA) is 92.5 Å². The van der Waals surface area contributed by atoms with E-state index in [1.807, 2.05) is 16.7 Å². The van der Waals surface area contributed by atoms with Gasteiger partial charge in [-0.2, -0.15) is 0 Å². The van der Waals surface area contributed by atoms with Crippen molar-refractivity contribution in [3.05, 3.63) is 53.5 Å². The number of esters is 1. The summed E-state index contributed by atoms with van der Waals surface area (Å²) in [6, 6.07) is 4.12. The Hall–Kier alpha value is -2.67. The normalized spacial score (nSPS) is 15.4. The molecule has 1 aliphatic carbocycles. The number of rotatable bonds is 6. The molecule has 0 amide bonds. The number of fused-ring (bicyclic) bond motifs is 1. The standard InChI is InChI=1S/C18H20N4O3/c1-25-18(24)13-8-19-16(20-13)6-5-15(23)14-10-22-9-12(11-2-3-11)4-7-17(22)21-14/h4,7-11,15,23H,2-3,5-6H2,1H3,(H,19,20). The van der Waals surface area contributed by atoms with Crippen LogP contribution in [0.4, 0.5) is 0 Å². The Labute approximate surface area is 144 Å². The van der Waals surface area contributed by atoms with Gasteiger partial charge in [0.2, 0.25) is 0 Å². The fourth-order valence-corrected chi connectivity index (χ4v) is 2.97. The third-order valence-electron chi connectivity index (χ3n) is 4.56. The molecule has 0 spiro atoms. The van der Waals surface area contributed by atoms with Crippen LogP contribution in [0.1, 0.15) is 58.9 Å². The van der Waals surface area contributed by atoms with E-state index >= 15 is 0 Å². The van der Waals surface area contributed by atoms with Crippen LogP contribution in [-0.2, 0) is 11.2 Å². The van der Waals surface area contributed by atoms with Crippen molar-refractivity contribution in [2.24, 2.45) is 0 Å². The molecule has 7 heteroatoms. The molecule has 4 rings (SSSR count). The zero-order valence-corrected chi connectivity index (χ0v) is 14.0. The lowest BCUT2D eigenvalue weighted by Gasteiger charge is -2.05. The van der Waals surface area contributed by atoms with Crippen LogP contribution in [0, 0.1) is 0 Å². The summed E-state index contributed by atoms with van der Waals surface area (Å²) < 4.78 is 6.61. The number of carbonyl (C=O) groups excluding carboxylic acids is 1. The highest BCUT2D eigenvalue weighted by Crippen LogP contribution is 2.39. The minimum atomic E-state index is -0.684. The molecule has 7 nitrogen and oxygen atoms in total. The van der Waals surface area contributed by atoms with Crippen molar-refractivity contribution < 1.29 is 14.6 Å². The van der Waals surface area contributed by atoms with Crippen molar-refractivity contribution in [3.8, 4) is 0 Å². The van der Waals surface area contributed by atoms with Crippen LogP contribution in [0.5, 0.6) is 0 Å². The number of nitrogens with one attached hydrogen (secondary N) is 1. The second kappa shape index (κ2) is 6.33. The average Bonchev–Trinajstić information content (AvgIpc) is 3.22. The highest BCUT2D eigenvalue weighted by Gasteiger charge is 2.24. The van der Waals surface area contributed by atoms with E-state index in [2.05, 4.69) is 32.0 Å². The fourth-order valence-electron chi connectivity index (χ4n) is 2.97. The molecule has 1 aliphatic rings. The lowest BCUT2D eigenvalue weighted by molar-refractivity contribution is 0.0594. The number of aryl methyl sites for hydroxylation is 1. The van der Waals surface area contributed by atoms with E-state index in [4.69, 9.17) is 0 Å². The van der Waals surface area contributed by atoms with E-state index in [1.54, 1.807) is 0 Å². The van der Waals surface area contributed by atoms with Gasteiger partial charge in [0.15, 0.2) is 5.69 Å². The molecule has 0 aromatic carbocycles. The molecule has 130 valence electrons. The fraction of sp³-hybridized carbons (Fsp3) is 0.389. The first kappa shape index (κ1) is 15.8. The first-order valence-electron chi connectivity index (χ1n) is 8.43. The monoisotopic (exact) mass is 340 g/mol. The minimum absolute atomic E-state index is 0.243. The molecule has 0 bridgehead atoms. The summed E-state index contributed by atoms with van der Waals surface area (Å²) in [4.78, 5) is 23.0. The lowest BCUT2D eigenvalue weighted by Crippen LogP contribution is -2.03. The summed E-state index contributed by atoms with van der Waals surface area (Å²) in [6.45, 7) is 0. The van der Waals surface area contributed by atoms with Gasteiger partial charge in [-0.25, -0.2) is 14.8 Å². The van der Waals surface area contributed by atoms with Gasteiger partial charge in [-0.3, -0.25) is 0 Å². The van der Waals surface area contributed by atoms with Gasteiger partial charge in [-0.15, -0.1) is 0 Å². The zero-order valence-electron chi connectivity index (χ0n) is 14.0. The zero-order chi connectivity index (χ0) is 17.4. The van der Waals surface area contributed by atoms with Gasteiger partial charge in [0.1, 0.15) is 11.5 Å². The summed E-state index contributed by atoms with van der Waals surface area (Å²) in [5, 5.41) is 10.4. The SMILES string of the molecule is COC(=O)c1c[nH]c(CCC(O)c2cn3cc(C4CC4)ccc3n2)n1. The number of aromatic amines is 1. The Morgan fingerprint density at radius 3 is 3.00 bits per heavy atom. The second-order valence-corrected chi connectivity index (χ2v) is 6.45. The van der Waals surface area contributed by atoms with Gasteiger partial charge in [0, 0.05) is 25.0 Å². The molecule has 1 unspecified atom stereocenters. The van der Waals surface area contributed by atoms with Crippen molar-refractivity contribution in [2.45, 2.75) is 37.7 Å². The van der Waals surface area contributed by atoms with Crippen LogP contribution >= 0.6 is 0 Å². The predicted molar refractivity (Wildman–Crippen MR) is 90.4 cm³/mol. The number of ether oxygens (including phenoxy) is 1. The third kappa shape index (κ3) is 3.28. The van der Waals surface area contributed by atoms with Crippen LogP contribution in [0.3, 0.4) is 0 Å². The molecule has 1 saturated carbocycles. The summed E-state index contributed by atoms with van der Waals surface area (Å²) in [6.07, 6.45) is 8.30. The number of aliphatic hydroxyl groups excluding tert-OH is 1. The van der Waals surface area contributed by atoms with Gasteiger partial charge >= 0.3 is 5.97 Å². The largest absolute Gasteiger partial charge is 0.464 e. The number of aromatic nitrogens is 4. The number of hydrogen-bond acceptors (Lipinski definition) is 5. The molecule has 1 fully saturated rings. The first-order valence-corrected chi connectivity index (χ1v) is 8.43. The van der Waals surface area contributed by atoms with E-state index in [0.29, 0.717) is 30.3 Å². The number of imidazole rings is 2. The third-order valence-corrected chi connectivity index (χ3v) is 4.56. The highest BCUT2D eigenvalue weighted by molar-refractivity contribution is 5.86. The minimum Gasteiger partial charge on any atom is -0.464 e. The Balaban J connectivity index is 1.43. The van der Waals surface area contributed by atoms with Gasteiger partial charge in [0.25, 0.3) is 0 Å². The molecular weight excluding hydrogens is 320 g/mol. The average molecular weight is 340 g/mol. The van der Waals surface area contributed by atoms with Crippen LogP contribution in [0.15, 0.2) is 30.7 Å². The summed E-state index contributed by atoms with van der Waals surface area (Å²) >= 11 is 0. The second-order valence-electron chi connectivity index (χ2n) is 6.45. The maximum atomic E-state index is 11.4. The van der Waals surface area contributed by atoms with Crippen molar-refractivity contribution in [1.29, 1.82) is 0 Å². The Bertz CT molecular complexity index is 910. The Kier molecular flexibility index (Phi) is 4.01. The molecule has 25 heavy (non-hydrogen) atoms. The number of hydrogen-bond donors (Lipinski definition) is 2. The molecule has 3 aromatic heterocycles. The van der Waals surface area contributed by atoms with Crippen molar-refractivity contribution in [2.75, 3.05) is 7.11 Å². The number of pyridine rings is 1. The number of aliphatic hydroxyl groups is 1. The van der Waals surface area contributed by atoms with Gasteiger partial charge in [-0.1, -0.05) is 6.07 Å². The summed E-state index contributed by atoms with van der Waals surface area (Å²) in [7, 11) is 1.32. The highest BCUT2D eigenvalue weighted by atomic mass is 16.5. The van der Waals surface area contributed by atoms with E-state index in [0.717, 1.165) is 5.65 Å². The maximum Gasteiger partial charge on any atom is 0.358 e. The van der Waals surface area contributed by atoms with Crippen LogP contribution in [0.2, 0.25) is 0 Å². The smallest absolute Gasteiger partial charge is 0.358 e. The quantitative estimate of drug-likeness (QED) is 0.672. The van der Waals surface area contributed by atoms with E-state index < -0.39 is 12.1 Å². The van der Waals surface area contributed by atoms with Crippen molar-refractivity contribution >= 4 is 11.6 Å². The number of nitrogens with zero attached hydrogens (tertiary/aromatic N) is 3. The first-order chi connectivity index (χ1) is 12.1. The van der Waals surface area contributed by atoms with Gasteiger partial charge in [-0.05, 0) is 36.8 Å². The number of H-pyrrole nitrogens is 1. The predicted octanol–water partition coefficient (Wildman–Crippen LogP) is 2.39. The van der Waals surface area contributed by atoms with Gasteiger partial charge < -0.3 is 19.2 Å². The molecule has 3 heterocycles.